The summed E-state index contributed by atoms with van der Waals surface area (Å²) in [6.45, 7) is 4.36. The number of aliphatic hydroxyl groups is 1. The van der Waals surface area contributed by atoms with Crippen molar-refractivity contribution in [1.82, 2.24) is 15.2 Å². The smallest absolute Gasteiger partial charge is 0.336 e. The van der Waals surface area contributed by atoms with Gasteiger partial charge in [-0.15, -0.1) is 10.2 Å². The summed E-state index contributed by atoms with van der Waals surface area (Å²) in [4.78, 5) is 17.3. The number of halogens is 1. The van der Waals surface area contributed by atoms with Crippen molar-refractivity contribution in [3.05, 3.63) is 35.4 Å². The number of aliphatic hydroxyl groups excluding tert-OH is 1. The maximum Gasteiger partial charge on any atom is 0.336 e. The number of carbonyl (C=O) groups is 1. The van der Waals surface area contributed by atoms with Crippen LogP contribution in [0.25, 0.3) is 11.0 Å². The van der Waals surface area contributed by atoms with E-state index in [-0.39, 0.29) is 5.57 Å². The molecule has 1 atom stereocenters. The van der Waals surface area contributed by atoms with Crippen LogP contribution >= 0.6 is 11.6 Å². The third-order valence-electron chi connectivity index (χ3n) is 2.29. The number of fused-ring (bicyclic) bond motifs is 1. The van der Waals surface area contributed by atoms with Crippen LogP contribution in [0.3, 0.4) is 0 Å². The molecule has 0 amide bonds. The lowest BCUT2D eigenvalue weighted by Gasteiger charge is -2.14. The molecule has 106 valence electrons. The molecule has 8 heteroatoms. The largest absolute Gasteiger partial charge is 0.417 e. The summed E-state index contributed by atoms with van der Waals surface area (Å²) in [6, 6.07) is 5.07. The number of nitrogens with zero attached hydrogens (tertiary/aromatic N) is 3. The van der Waals surface area contributed by atoms with E-state index in [9.17, 15) is 4.79 Å². The van der Waals surface area contributed by atoms with Gasteiger partial charge in [0.2, 0.25) is 0 Å². The maximum absolute atomic E-state index is 11.3. The molecule has 0 aliphatic rings. The standard InChI is InChI=1S/C12H12ClN3O4/c1-7(2)12(18)19-10(6-17)20-16-14-9-5-3-4-8(13)11(9)15-16/h3-5,10,17H,1,6H2,2H3. The summed E-state index contributed by atoms with van der Waals surface area (Å²) in [5.74, 6) is -0.682. The van der Waals surface area contributed by atoms with Crippen LogP contribution in [0, 0.1) is 0 Å². The monoisotopic (exact) mass is 297 g/mol. The van der Waals surface area contributed by atoms with Crippen LogP contribution in [-0.2, 0) is 9.53 Å². The van der Waals surface area contributed by atoms with Crippen molar-refractivity contribution in [2.45, 2.75) is 13.2 Å². The normalized spacial score (nSPS) is 12.2. The van der Waals surface area contributed by atoms with Gasteiger partial charge in [-0.05, 0) is 19.1 Å². The van der Waals surface area contributed by atoms with Crippen LogP contribution < -0.4 is 4.84 Å². The Morgan fingerprint density at radius 2 is 2.30 bits per heavy atom. The van der Waals surface area contributed by atoms with E-state index in [0.29, 0.717) is 16.1 Å². The summed E-state index contributed by atoms with van der Waals surface area (Å²) in [5, 5.41) is 17.5. The average molecular weight is 298 g/mol. The van der Waals surface area contributed by atoms with Gasteiger partial charge in [0.05, 0.1) is 5.02 Å². The zero-order chi connectivity index (χ0) is 14.7. The summed E-state index contributed by atoms with van der Waals surface area (Å²) in [7, 11) is 0. The summed E-state index contributed by atoms with van der Waals surface area (Å²) >= 11 is 5.95. The molecule has 0 fully saturated rings. The van der Waals surface area contributed by atoms with E-state index in [1.165, 1.54) is 6.92 Å². The summed E-state index contributed by atoms with van der Waals surface area (Å²) in [6.07, 6.45) is -1.24. The highest BCUT2D eigenvalue weighted by Crippen LogP contribution is 2.18. The highest BCUT2D eigenvalue weighted by Gasteiger charge is 2.17. The molecule has 1 aromatic carbocycles. The highest BCUT2D eigenvalue weighted by molar-refractivity contribution is 6.34. The molecule has 0 radical (unpaired) electrons. The summed E-state index contributed by atoms with van der Waals surface area (Å²) in [5.41, 5.74) is 1.14. The second-order valence-electron chi connectivity index (χ2n) is 3.96. The Kier molecular flexibility index (Phi) is 4.21. The van der Waals surface area contributed by atoms with E-state index in [2.05, 4.69) is 16.8 Å². The average Bonchev–Trinajstić information content (AvgIpc) is 2.81. The molecule has 0 bridgehead atoms. The van der Waals surface area contributed by atoms with Gasteiger partial charge in [-0.3, -0.25) is 0 Å². The Balaban J connectivity index is 2.15. The number of rotatable bonds is 5. The first kappa shape index (κ1) is 14.3. The highest BCUT2D eigenvalue weighted by atomic mass is 35.5. The van der Waals surface area contributed by atoms with Crippen molar-refractivity contribution in [3.63, 3.8) is 0 Å². The lowest BCUT2D eigenvalue weighted by molar-refractivity contribution is -0.191. The van der Waals surface area contributed by atoms with Gasteiger partial charge in [0.1, 0.15) is 17.6 Å². The fraction of sp³-hybridized carbons (Fsp3) is 0.250. The van der Waals surface area contributed by atoms with E-state index in [1.807, 2.05) is 0 Å². The third-order valence-corrected chi connectivity index (χ3v) is 2.60. The van der Waals surface area contributed by atoms with Crippen LogP contribution in [0.4, 0.5) is 0 Å². The Morgan fingerprint density at radius 1 is 1.55 bits per heavy atom. The summed E-state index contributed by atoms with van der Waals surface area (Å²) < 4.78 is 4.85. The first-order valence-corrected chi connectivity index (χ1v) is 6.05. The zero-order valence-corrected chi connectivity index (χ0v) is 11.4. The van der Waals surface area contributed by atoms with Crippen molar-refractivity contribution >= 4 is 28.6 Å². The SMILES string of the molecule is C=C(C)C(=O)OC(CO)On1nc2cccc(Cl)c2n1. The first-order valence-electron chi connectivity index (χ1n) is 5.67. The second kappa shape index (κ2) is 5.89. The predicted octanol–water partition coefficient (Wildman–Crippen LogP) is 0.951. The van der Waals surface area contributed by atoms with Gasteiger partial charge in [-0.1, -0.05) is 24.2 Å². The molecule has 2 rings (SSSR count). The van der Waals surface area contributed by atoms with E-state index in [4.69, 9.17) is 26.3 Å². The Bertz CT molecular complexity index is 655. The number of aromatic nitrogens is 3. The Labute approximate surface area is 119 Å². The molecule has 1 aromatic heterocycles. The van der Waals surface area contributed by atoms with Gasteiger partial charge in [0, 0.05) is 10.5 Å². The number of benzene rings is 1. The number of carbonyl (C=O) groups excluding carboxylic acids is 1. The number of hydrogen-bond donors (Lipinski definition) is 1. The molecular weight excluding hydrogens is 286 g/mol. The molecule has 20 heavy (non-hydrogen) atoms. The molecule has 1 heterocycles. The minimum absolute atomic E-state index is 0.189. The third kappa shape index (κ3) is 3.06. The topological polar surface area (TPSA) is 86.5 Å². The predicted molar refractivity (Wildman–Crippen MR) is 70.9 cm³/mol. The molecule has 0 saturated heterocycles. The van der Waals surface area contributed by atoms with Crippen molar-refractivity contribution in [2.75, 3.05) is 6.61 Å². The molecular formula is C12H12ClN3O4. The molecule has 0 spiro atoms. The molecule has 2 aromatic rings. The number of hydrogen-bond acceptors (Lipinski definition) is 6. The lowest BCUT2D eigenvalue weighted by atomic mass is 10.3. The van der Waals surface area contributed by atoms with Crippen LogP contribution in [-0.4, -0.2) is 39.1 Å². The van der Waals surface area contributed by atoms with Crippen LogP contribution in [0.1, 0.15) is 6.92 Å². The fourth-order valence-electron chi connectivity index (χ4n) is 1.35. The minimum atomic E-state index is -1.24. The Morgan fingerprint density at radius 3 is 2.90 bits per heavy atom. The van der Waals surface area contributed by atoms with Gasteiger partial charge < -0.3 is 14.7 Å². The van der Waals surface area contributed by atoms with Gasteiger partial charge >= 0.3 is 5.97 Å². The van der Waals surface area contributed by atoms with Crippen molar-refractivity contribution in [3.8, 4) is 0 Å². The quantitative estimate of drug-likeness (QED) is 0.502. The molecule has 7 nitrogen and oxygen atoms in total. The Hall–Kier alpha value is -2.12. The molecule has 0 aliphatic heterocycles. The minimum Gasteiger partial charge on any atom is -0.417 e. The zero-order valence-electron chi connectivity index (χ0n) is 10.6. The van der Waals surface area contributed by atoms with Crippen molar-refractivity contribution in [2.24, 2.45) is 0 Å². The molecule has 1 N–H and O–H groups in total. The van der Waals surface area contributed by atoms with Gasteiger partial charge in [0.15, 0.2) is 0 Å². The van der Waals surface area contributed by atoms with E-state index in [0.717, 1.165) is 4.96 Å². The van der Waals surface area contributed by atoms with Gasteiger partial charge in [-0.25, -0.2) is 4.79 Å². The molecule has 0 aliphatic carbocycles. The first-order chi connectivity index (χ1) is 9.51. The van der Waals surface area contributed by atoms with E-state index in [1.54, 1.807) is 18.2 Å². The van der Waals surface area contributed by atoms with Gasteiger partial charge in [-0.2, -0.15) is 0 Å². The number of ether oxygens (including phenoxy) is 1. The number of esters is 1. The van der Waals surface area contributed by atoms with Crippen LogP contribution in [0.5, 0.6) is 0 Å². The molecule has 0 saturated carbocycles. The maximum atomic E-state index is 11.3. The van der Waals surface area contributed by atoms with Crippen molar-refractivity contribution < 1.29 is 19.5 Å². The van der Waals surface area contributed by atoms with Crippen LogP contribution in [0.2, 0.25) is 5.02 Å². The lowest BCUT2D eigenvalue weighted by Crippen LogP contribution is -2.34. The fourth-order valence-corrected chi connectivity index (χ4v) is 1.56. The van der Waals surface area contributed by atoms with Crippen LogP contribution in [0.15, 0.2) is 30.4 Å². The second-order valence-corrected chi connectivity index (χ2v) is 4.37. The van der Waals surface area contributed by atoms with E-state index < -0.39 is 18.9 Å². The van der Waals surface area contributed by atoms with Gasteiger partial charge in [0.25, 0.3) is 6.29 Å². The van der Waals surface area contributed by atoms with E-state index >= 15 is 0 Å². The molecule has 1 unspecified atom stereocenters. The van der Waals surface area contributed by atoms with Crippen molar-refractivity contribution in [1.29, 1.82) is 0 Å².